The standard InChI is InChI=1S/C20H16ClN5OS3/c1-2-9-26-18(16-4-3-10-28-16)24-25-20(26)30-12-17(27)23-19-22-15(11-29-19)13-5-7-14(21)8-6-13/h2-8,10-11H,1,9,12H2,(H,22,23,27). The molecule has 3 aromatic heterocycles. The number of anilines is 1. The average molecular weight is 474 g/mol. The number of nitrogens with zero attached hydrogens (tertiary/aromatic N) is 4. The van der Waals surface area contributed by atoms with Crippen LogP contribution in [-0.4, -0.2) is 31.4 Å². The molecule has 6 nitrogen and oxygen atoms in total. The summed E-state index contributed by atoms with van der Waals surface area (Å²) in [6, 6.07) is 11.4. The van der Waals surface area contributed by atoms with Gasteiger partial charge >= 0.3 is 0 Å². The number of thiazole rings is 1. The van der Waals surface area contributed by atoms with Gasteiger partial charge < -0.3 is 5.32 Å². The molecule has 0 spiro atoms. The number of amides is 1. The smallest absolute Gasteiger partial charge is 0.236 e. The van der Waals surface area contributed by atoms with Crippen LogP contribution in [-0.2, 0) is 11.3 Å². The van der Waals surface area contributed by atoms with E-state index < -0.39 is 0 Å². The highest BCUT2D eigenvalue weighted by molar-refractivity contribution is 7.99. The fourth-order valence-corrected chi connectivity index (χ4v) is 4.97. The van der Waals surface area contributed by atoms with E-state index in [1.165, 1.54) is 23.1 Å². The average Bonchev–Trinajstić information content (AvgIpc) is 3.48. The van der Waals surface area contributed by atoms with Crippen molar-refractivity contribution in [3.63, 3.8) is 0 Å². The fourth-order valence-electron chi connectivity index (χ4n) is 2.65. The molecule has 30 heavy (non-hydrogen) atoms. The molecule has 0 fully saturated rings. The van der Waals surface area contributed by atoms with E-state index in [2.05, 4.69) is 27.1 Å². The topological polar surface area (TPSA) is 72.7 Å². The van der Waals surface area contributed by atoms with Gasteiger partial charge in [0.15, 0.2) is 16.1 Å². The lowest BCUT2D eigenvalue weighted by Crippen LogP contribution is -2.14. The summed E-state index contributed by atoms with van der Waals surface area (Å²) >= 11 is 10.2. The summed E-state index contributed by atoms with van der Waals surface area (Å²) < 4.78 is 1.96. The number of nitrogens with one attached hydrogen (secondary N) is 1. The molecule has 0 atom stereocenters. The highest BCUT2D eigenvalue weighted by Crippen LogP contribution is 2.28. The van der Waals surface area contributed by atoms with Crippen molar-refractivity contribution in [1.29, 1.82) is 0 Å². The number of hydrogen-bond donors (Lipinski definition) is 1. The number of thiophene rings is 1. The van der Waals surface area contributed by atoms with Crippen molar-refractivity contribution in [1.82, 2.24) is 19.7 Å². The van der Waals surface area contributed by atoms with Crippen molar-refractivity contribution >= 4 is 57.1 Å². The van der Waals surface area contributed by atoms with Gasteiger partial charge in [-0.1, -0.05) is 47.6 Å². The van der Waals surface area contributed by atoms with Crippen LogP contribution in [0.5, 0.6) is 0 Å². The van der Waals surface area contributed by atoms with Gasteiger partial charge in [0.05, 0.1) is 16.3 Å². The largest absolute Gasteiger partial charge is 0.301 e. The maximum atomic E-state index is 12.4. The second kappa shape index (κ2) is 9.57. The van der Waals surface area contributed by atoms with Crippen molar-refractivity contribution in [3.05, 3.63) is 64.8 Å². The molecule has 0 unspecified atom stereocenters. The lowest BCUT2D eigenvalue weighted by molar-refractivity contribution is -0.113. The summed E-state index contributed by atoms with van der Waals surface area (Å²) in [6.07, 6.45) is 1.79. The molecule has 1 amide bonds. The van der Waals surface area contributed by atoms with E-state index in [0.29, 0.717) is 21.9 Å². The summed E-state index contributed by atoms with van der Waals surface area (Å²) in [7, 11) is 0. The third kappa shape index (κ3) is 4.81. The van der Waals surface area contributed by atoms with E-state index in [0.717, 1.165) is 22.0 Å². The minimum absolute atomic E-state index is 0.150. The summed E-state index contributed by atoms with van der Waals surface area (Å²) in [4.78, 5) is 17.9. The molecule has 3 heterocycles. The number of benzene rings is 1. The Morgan fingerprint density at radius 3 is 2.80 bits per heavy atom. The molecule has 0 aliphatic carbocycles. The summed E-state index contributed by atoms with van der Waals surface area (Å²) in [5.74, 6) is 0.832. The predicted molar refractivity (Wildman–Crippen MR) is 125 cm³/mol. The SMILES string of the molecule is C=CCn1c(SCC(=O)Nc2nc(-c3ccc(Cl)cc3)cs2)nnc1-c1cccs1. The van der Waals surface area contributed by atoms with Crippen LogP contribution in [0.2, 0.25) is 5.02 Å². The molecule has 4 rings (SSSR count). The van der Waals surface area contributed by atoms with E-state index in [9.17, 15) is 4.79 Å². The Kier molecular flexibility index (Phi) is 6.63. The molecule has 10 heteroatoms. The highest BCUT2D eigenvalue weighted by Gasteiger charge is 2.16. The molecule has 0 aliphatic heterocycles. The van der Waals surface area contributed by atoms with E-state index in [-0.39, 0.29) is 11.7 Å². The minimum Gasteiger partial charge on any atom is -0.301 e. The second-order valence-corrected chi connectivity index (χ2v) is 9.25. The maximum Gasteiger partial charge on any atom is 0.236 e. The molecule has 0 bridgehead atoms. The zero-order chi connectivity index (χ0) is 20.9. The highest BCUT2D eigenvalue weighted by atomic mass is 35.5. The van der Waals surface area contributed by atoms with Gasteiger partial charge in [-0.3, -0.25) is 9.36 Å². The Labute approximate surface area is 190 Å². The number of hydrogen-bond acceptors (Lipinski definition) is 7. The first-order chi connectivity index (χ1) is 14.6. The Morgan fingerprint density at radius 2 is 2.07 bits per heavy atom. The molecule has 0 aliphatic rings. The summed E-state index contributed by atoms with van der Waals surface area (Å²) in [6.45, 7) is 4.38. The van der Waals surface area contributed by atoms with Gasteiger partial charge in [-0.2, -0.15) is 0 Å². The van der Waals surface area contributed by atoms with Crippen LogP contribution in [0.25, 0.3) is 22.0 Å². The molecule has 152 valence electrons. The maximum absolute atomic E-state index is 12.4. The van der Waals surface area contributed by atoms with Crippen LogP contribution < -0.4 is 5.32 Å². The molecular weight excluding hydrogens is 458 g/mol. The predicted octanol–water partition coefficient (Wildman–Crippen LogP) is 5.70. The first-order valence-corrected chi connectivity index (χ1v) is 12.0. The first-order valence-electron chi connectivity index (χ1n) is 8.86. The summed E-state index contributed by atoms with van der Waals surface area (Å²) in [5, 5.41) is 17.2. The summed E-state index contributed by atoms with van der Waals surface area (Å²) in [5.41, 5.74) is 1.75. The lowest BCUT2D eigenvalue weighted by Gasteiger charge is -2.06. The number of carbonyl (C=O) groups excluding carboxylic acids is 1. The van der Waals surface area contributed by atoms with Gasteiger partial charge in [-0.05, 0) is 23.6 Å². The second-order valence-electron chi connectivity index (χ2n) is 6.06. The van der Waals surface area contributed by atoms with Gasteiger partial charge in [0.1, 0.15) is 0 Å². The van der Waals surface area contributed by atoms with Gasteiger partial charge in [0, 0.05) is 22.5 Å². The number of halogens is 1. The number of thioether (sulfide) groups is 1. The molecule has 0 saturated heterocycles. The van der Waals surface area contributed by atoms with E-state index >= 15 is 0 Å². The third-order valence-corrected chi connectivity index (χ3v) is 6.84. The third-order valence-electron chi connectivity index (χ3n) is 3.99. The number of allylic oxidation sites excluding steroid dienone is 1. The monoisotopic (exact) mass is 473 g/mol. The van der Waals surface area contributed by atoms with Crippen LogP contribution in [0.1, 0.15) is 0 Å². The molecule has 1 N–H and O–H groups in total. The lowest BCUT2D eigenvalue weighted by atomic mass is 10.2. The van der Waals surface area contributed by atoms with Gasteiger partial charge in [-0.15, -0.1) is 39.4 Å². The number of rotatable bonds is 8. The molecule has 0 radical (unpaired) electrons. The number of carbonyl (C=O) groups is 1. The normalized spacial score (nSPS) is 10.8. The van der Waals surface area contributed by atoms with Crippen LogP contribution in [0, 0.1) is 0 Å². The van der Waals surface area contributed by atoms with Crippen molar-refractivity contribution in [2.24, 2.45) is 0 Å². The Bertz CT molecular complexity index is 1150. The van der Waals surface area contributed by atoms with Crippen LogP contribution in [0.3, 0.4) is 0 Å². The Morgan fingerprint density at radius 1 is 1.23 bits per heavy atom. The van der Waals surface area contributed by atoms with Gasteiger partial charge in [0.25, 0.3) is 0 Å². The van der Waals surface area contributed by atoms with Crippen molar-refractivity contribution in [2.75, 3.05) is 11.1 Å². The van der Waals surface area contributed by atoms with E-state index in [1.54, 1.807) is 17.4 Å². The molecule has 4 aromatic rings. The molecule has 1 aromatic carbocycles. The molecular formula is C20H16ClN5OS3. The molecule has 0 saturated carbocycles. The van der Waals surface area contributed by atoms with E-state index in [4.69, 9.17) is 11.6 Å². The number of aromatic nitrogens is 4. The van der Waals surface area contributed by atoms with Crippen molar-refractivity contribution in [3.8, 4) is 22.0 Å². The fraction of sp³-hybridized carbons (Fsp3) is 0.100. The zero-order valence-electron chi connectivity index (χ0n) is 15.6. The Balaban J connectivity index is 1.40. The van der Waals surface area contributed by atoms with Crippen LogP contribution in [0.4, 0.5) is 5.13 Å². The van der Waals surface area contributed by atoms with Crippen LogP contribution in [0.15, 0.2) is 65.0 Å². The first kappa shape index (κ1) is 20.8. The van der Waals surface area contributed by atoms with Crippen molar-refractivity contribution in [2.45, 2.75) is 11.7 Å². The quantitative estimate of drug-likeness (QED) is 0.262. The zero-order valence-corrected chi connectivity index (χ0v) is 18.8. The van der Waals surface area contributed by atoms with Gasteiger partial charge in [0.2, 0.25) is 5.91 Å². The van der Waals surface area contributed by atoms with Gasteiger partial charge in [-0.25, -0.2) is 4.98 Å². The van der Waals surface area contributed by atoms with Crippen molar-refractivity contribution < 1.29 is 4.79 Å². The van der Waals surface area contributed by atoms with Crippen LogP contribution >= 0.6 is 46.0 Å². The Hall–Kier alpha value is -2.46. The minimum atomic E-state index is -0.150. The van der Waals surface area contributed by atoms with E-state index in [1.807, 2.05) is 51.7 Å².